The number of nitrogens with zero attached hydrogens (tertiary/aromatic N) is 3. The van der Waals surface area contributed by atoms with Crippen molar-refractivity contribution >= 4 is 23.5 Å². The number of ketones is 1. The Morgan fingerprint density at radius 1 is 1.30 bits per heavy atom. The summed E-state index contributed by atoms with van der Waals surface area (Å²) in [5, 5.41) is 13.0. The van der Waals surface area contributed by atoms with E-state index in [9.17, 15) is 14.9 Å². The van der Waals surface area contributed by atoms with E-state index in [2.05, 4.69) is 21.3 Å². The number of Topliss-reactive ketones (excluding diaryl/α,β-unsaturated/α-hetero) is 1. The number of aromatic nitrogens is 1. The topological polar surface area (TPSA) is 95.3 Å². The molecule has 2 heterocycles. The minimum absolute atomic E-state index is 0.0259. The summed E-state index contributed by atoms with van der Waals surface area (Å²) in [6, 6.07) is 3.66. The molecule has 0 unspecified atom stereocenters. The first-order chi connectivity index (χ1) is 14.4. The van der Waals surface area contributed by atoms with Crippen LogP contribution in [0.15, 0.2) is 11.1 Å². The summed E-state index contributed by atoms with van der Waals surface area (Å²) in [6.07, 6.45) is 5.85. The molecule has 1 aliphatic heterocycles. The van der Waals surface area contributed by atoms with Gasteiger partial charge in [-0.3, -0.25) is 14.5 Å². The molecule has 30 heavy (non-hydrogen) atoms. The Labute approximate surface area is 182 Å². The SMILES string of the molecule is CC(=O)c1cc(C#N)c(SCC(=O)NCC2(N3CCOCC3)CCCCC2)nc1C. The van der Waals surface area contributed by atoms with Crippen molar-refractivity contribution in [1.29, 1.82) is 5.26 Å². The van der Waals surface area contributed by atoms with Crippen LogP contribution in [0.25, 0.3) is 0 Å². The average molecular weight is 431 g/mol. The van der Waals surface area contributed by atoms with E-state index in [1.54, 1.807) is 13.0 Å². The molecule has 2 aliphatic rings. The van der Waals surface area contributed by atoms with E-state index in [-0.39, 0.29) is 23.0 Å². The number of thioether (sulfide) groups is 1. The van der Waals surface area contributed by atoms with E-state index in [1.807, 2.05) is 0 Å². The Hall–Kier alpha value is -1.95. The molecule has 0 radical (unpaired) electrons. The number of pyridine rings is 1. The first-order valence-corrected chi connectivity index (χ1v) is 11.6. The minimum Gasteiger partial charge on any atom is -0.379 e. The molecule has 0 aromatic carbocycles. The van der Waals surface area contributed by atoms with Crippen LogP contribution in [0.1, 0.15) is 60.6 Å². The molecule has 3 rings (SSSR count). The number of morpholine rings is 1. The molecule has 0 atom stereocenters. The fourth-order valence-corrected chi connectivity index (χ4v) is 5.26. The molecule has 1 saturated carbocycles. The molecular weight excluding hydrogens is 400 g/mol. The van der Waals surface area contributed by atoms with Crippen LogP contribution in [0.4, 0.5) is 0 Å². The Bertz CT molecular complexity index is 824. The fourth-order valence-electron chi connectivity index (χ4n) is 4.43. The molecule has 1 aromatic heterocycles. The first kappa shape index (κ1) is 22.7. The summed E-state index contributed by atoms with van der Waals surface area (Å²) in [6.45, 7) is 7.20. The maximum atomic E-state index is 12.6. The van der Waals surface area contributed by atoms with E-state index in [1.165, 1.54) is 37.9 Å². The summed E-state index contributed by atoms with van der Waals surface area (Å²) in [5.74, 6) is 0.0172. The third-order valence-electron chi connectivity index (χ3n) is 6.10. The van der Waals surface area contributed by atoms with Crippen molar-refractivity contribution in [3.63, 3.8) is 0 Å². The number of aryl methyl sites for hydroxylation is 1. The Kier molecular flexibility index (Phi) is 7.87. The number of hydrogen-bond acceptors (Lipinski definition) is 7. The van der Waals surface area contributed by atoms with Crippen LogP contribution in [0, 0.1) is 18.3 Å². The van der Waals surface area contributed by atoms with Crippen molar-refractivity contribution in [3.05, 3.63) is 22.9 Å². The van der Waals surface area contributed by atoms with Crippen LogP contribution in [0.2, 0.25) is 0 Å². The highest BCUT2D eigenvalue weighted by atomic mass is 32.2. The number of hydrogen-bond donors (Lipinski definition) is 1. The predicted octanol–water partition coefficient (Wildman–Crippen LogP) is 2.71. The molecule has 1 aliphatic carbocycles. The van der Waals surface area contributed by atoms with Gasteiger partial charge in [0.2, 0.25) is 5.91 Å². The lowest BCUT2D eigenvalue weighted by atomic mass is 9.79. The summed E-state index contributed by atoms with van der Waals surface area (Å²) in [7, 11) is 0. The third kappa shape index (κ3) is 5.39. The maximum Gasteiger partial charge on any atom is 0.230 e. The van der Waals surface area contributed by atoms with Gasteiger partial charge in [-0.15, -0.1) is 0 Å². The number of carbonyl (C=O) groups is 2. The average Bonchev–Trinajstić information content (AvgIpc) is 2.77. The van der Waals surface area contributed by atoms with Gasteiger partial charge in [-0.05, 0) is 32.8 Å². The van der Waals surface area contributed by atoms with Crippen molar-refractivity contribution < 1.29 is 14.3 Å². The van der Waals surface area contributed by atoms with Crippen LogP contribution < -0.4 is 5.32 Å². The van der Waals surface area contributed by atoms with Gasteiger partial charge in [0.15, 0.2) is 5.78 Å². The van der Waals surface area contributed by atoms with E-state index < -0.39 is 0 Å². The van der Waals surface area contributed by atoms with Gasteiger partial charge in [0.25, 0.3) is 0 Å². The lowest BCUT2D eigenvalue weighted by Crippen LogP contribution is -2.59. The van der Waals surface area contributed by atoms with Crippen LogP contribution in [0.5, 0.6) is 0 Å². The maximum absolute atomic E-state index is 12.6. The summed E-state index contributed by atoms with van der Waals surface area (Å²) in [5.41, 5.74) is 1.39. The van der Waals surface area contributed by atoms with Gasteiger partial charge in [0.05, 0.1) is 24.5 Å². The quantitative estimate of drug-likeness (QED) is 0.525. The Balaban J connectivity index is 1.60. The number of nitriles is 1. The monoisotopic (exact) mass is 430 g/mol. The van der Waals surface area contributed by atoms with Crippen molar-refractivity contribution in [3.8, 4) is 6.07 Å². The summed E-state index contributed by atoms with van der Waals surface area (Å²) in [4.78, 5) is 31.2. The Morgan fingerprint density at radius 2 is 2.00 bits per heavy atom. The van der Waals surface area contributed by atoms with Gasteiger partial charge >= 0.3 is 0 Å². The number of amides is 1. The smallest absolute Gasteiger partial charge is 0.230 e. The van der Waals surface area contributed by atoms with E-state index >= 15 is 0 Å². The second-order valence-corrected chi connectivity index (χ2v) is 9.06. The van der Waals surface area contributed by atoms with Gasteiger partial charge in [-0.1, -0.05) is 31.0 Å². The third-order valence-corrected chi connectivity index (χ3v) is 7.09. The molecular formula is C22H30N4O3S. The molecule has 8 heteroatoms. The van der Waals surface area contributed by atoms with Gasteiger partial charge in [-0.2, -0.15) is 5.26 Å². The first-order valence-electron chi connectivity index (χ1n) is 10.6. The van der Waals surface area contributed by atoms with E-state index in [0.29, 0.717) is 28.4 Å². The molecule has 0 spiro atoms. The summed E-state index contributed by atoms with van der Waals surface area (Å²) < 4.78 is 5.52. The highest BCUT2D eigenvalue weighted by molar-refractivity contribution is 8.00. The Morgan fingerprint density at radius 3 is 2.63 bits per heavy atom. The molecule has 162 valence electrons. The zero-order valence-corrected chi connectivity index (χ0v) is 18.6. The van der Waals surface area contributed by atoms with Gasteiger partial charge < -0.3 is 10.1 Å². The fraction of sp³-hybridized carbons (Fsp3) is 0.636. The zero-order valence-electron chi connectivity index (χ0n) is 17.8. The van der Waals surface area contributed by atoms with Crippen molar-refractivity contribution in [1.82, 2.24) is 15.2 Å². The van der Waals surface area contributed by atoms with Crippen molar-refractivity contribution in [2.45, 2.75) is 56.5 Å². The second-order valence-electron chi connectivity index (χ2n) is 8.09. The standard InChI is InChI=1S/C22H30N4O3S/c1-16-19(17(2)27)12-18(13-23)21(25-16)30-14-20(28)24-15-22(6-4-3-5-7-22)26-8-10-29-11-9-26/h12H,3-11,14-15H2,1-2H3,(H,24,28). The molecule has 7 nitrogen and oxygen atoms in total. The van der Waals surface area contributed by atoms with Crippen molar-refractivity contribution in [2.24, 2.45) is 0 Å². The van der Waals surface area contributed by atoms with Gasteiger partial charge in [0.1, 0.15) is 11.1 Å². The molecule has 1 saturated heterocycles. The van der Waals surface area contributed by atoms with Crippen molar-refractivity contribution in [2.75, 3.05) is 38.6 Å². The number of rotatable bonds is 7. The number of carbonyl (C=O) groups excluding carboxylic acids is 2. The van der Waals surface area contributed by atoms with E-state index in [4.69, 9.17) is 4.74 Å². The largest absolute Gasteiger partial charge is 0.379 e. The van der Waals surface area contributed by atoms with Gasteiger partial charge in [0, 0.05) is 36.4 Å². The number of ether oxygens (including phenoxy) is 1. The molecule has 2 fully saturated rings. The summed E-state index contributed by atoms with van der Waals surface area (Å²) >= 11 is 1.24. The highest BCUT2D eigenvalue weighted by Crippen LogP contribution is 2.34. The van der Waals surface area contributed by atoms with Crippen LogP contribution in [-0.2, 0) is 9.53 Å². The normalized spacial score (nSPS) is 19.1. The lowest BCUT2D eigenvalue weighted by molar-refractivity contribution is -0.119. The minimum atomic E-state index is -0.119. The molecule has 0 bridgehead atoms. The van der Waals surface area contributed by atoms with Crippen LogP contribution >= 0.6 is 11.8 Å². The number of nitrogens with one attached hydrogen (secondary N) is 1. The molecule has 1 amide bonds. The molecule has 1 N–H and O–H groups in total. The van der Waals surface area contributed by atoms with Crippen LogP contribution in [-0.4, -0.2) is 65.7 Å². The van der Waals surface area contributed by atoms with Crippen LogP contribution in [0.3, 0.4) is 0 Å². The second kappa shape index (κ2) is 10.4. The zero-order chi connectivity index (χ0) is 21.6. The lowest BCUT2D eigenvalue weighted by Gasteiger charge is -2.48. The molecule has 1 aromatic rings. The van der Waals surface area contributed by atoms with E-state index in [0.717, 1.165) is 39.1 Å². The highest BCUT2D eigenvalue weighted by Gasteiger charge is 2.38. The predicted molar refractivity (Wildman–Crippen MR) is 116 cm³/mol. The van der Waals surface area contributed by atoms with Gasteiger partial charge in [-0.25, -0.2) is 4.98 Å².